The van der Waals surface area contributed by atoms with Gasteiger partial charge in [0.25, 0.3) is 0 Å². The van der Waals surface area contributed by atoms with Crippen molar-refractivity contribution >= 4 is 17.8 Å². The van der Waals surface area contributed by atoms with Crippen LogP contribution in [-0.4, -0.2) is 30.1 Å². The summed E-state index contributed by atoms with van der Waals surface area (Å²) < 4.78 is 10.8. The quantitative estimate of drug-likeness (QED) is 0.321. The molecule has 3 rings (SSSR count). The number of ether oxygens (including phenoxy) is 2. The van der Waals surface area contributed by atoms with Gasteiger partial charge in [0, 0.05) is 5.92 Å². The smallest absolute Gasteiger partial charge is 0.333 e. The minimum absolute atomic E-state index is 0.0541. The number of carbonyl (C=O) groups excluding carboxylic acids is 2. The first-order valence-electron chi connectivity index (χ1n) is 12.2. The second kappa shape index (κ2) is 13.3. The minimum Gasteiger partial charge on any atom is -0.497 e. The standard InChI is InChI=1S/C30H33NO6/c1-20(2)16-25(18-27(32)33)29(34)31-28(30(35)37-19-21-8-5-4-6-9-21)23-14-12-22(13-15-23)24-10-7-11-26(17-24)36-3/h4-15,17,20,25,28H,16,18-19H2,1-3H3,(H,31,34)(H,32,33)/t25-,28+/m1/s1. The Morgan fingerprint density at radius 3 is 2.22 bits per heavy atom. The Morgan fingerprint density at radius 1 is 0.892 bits per heavy atom. The van der Waals surface area contributed by atoms with Crippen molar-refractivity contribution < 1.29 is 29.0 Å². The van der Waals surface area contributed by atoms with E-state index in [0.717, 1.165) is 22.4 Å². The van der Waals surface area contributed by atoms with Gasteiger partial charge < -0.3 is 19.9 Å². The number of carboxylic acid groups (broad SMARTS) is 1. The van der Waals surface area contributed by atoms with Crippen molar-refractivity contribution in [2.75, 3.05) is 7.11 Å². The number of hydrogen-bond acceptors (Lipinski definition) is 5. The summed E-state index contributed by atoms with van der Waals surface area (Å²) in [4.78, 5) is 37.7. The molecule has 0 radical (unpaired) electrons. The predicted octanol–water partition coefficient (Wildman–Crippen LogP) is 5.40. The molecule has 0 aliphatic carbocycles. The molecule has 3 aromatic carbocycles. The fourth-order valence-corrected chi connectivity index (χ4v) is 4.08. The number of aliphatic carboxylic acids is 1. The molecule has 3 aromatic rings. The molecule has 0 saturated heterocycles. The Labute approximate surface area is 217 Å². The van der Waals surface area contributed by atoms with Crippen LogP contribution in [0.1, 0.15) is 43.9 Å². The molecule has 2 atom stereocenters. The van der Waals surface area contributed by atoms with Crippen LogP contribution >= 0.6 is 0 Å². The van der Waals surface area contributed by atoms with Gasteiger partial charge in [0.1, 0.15) is 12.4 Å². The third kappa shape index (κ3) is 8.20. The van der Waals surface area contributed by atoms with Gasteiger partial charge in [-0.2, -0.15) is 0 Å². The molecule has 2 N–H and O–H groups in total. The van der Waals surface area contributed by atoms with Gasteiger partial charge in [-0.1, -0.05) is 80.6 Å². The van der Waals surface area contributed by atoms with Crippen LogP contribution in [0.2, 0.25) is 0 Å². The lowest BCUT2D eigenvalue weighted by Gasteiger charge is -2.23. The number of carbonyl (C=O) groups is 3. The molecule has 7 nitrogen and oxygen atoms in total. The lowest BCUT2D eigenvalue weighted by molar-refractivity contribution is -0.150. The summed E-state index contributed by atoms with van der Waals surface area (Å²) in [5, 5.41) is 12.1. The fourth-order valence-electron chi connectivity index (χ4n) is 4.08. The Kier molecular flexibility index (Phi) is 9.84. The van der Waals surface area contributed by atoms with E-state index >= 15 is 0 Å². The van der Waals surface area contributed by atoms with E-state index in [4.69, 9.17) is 9.47 Å². The summed E-state index contributed by atoms with van der Waals surface area (Å²) in [6.45, 7) is 3.90. The van der Waals surface area contributed by atoms with E-state index in [2.05, 4.69) is 5.32 Å². The molecule has 0 aliphatic rings. The molecule has 0 spiro atoms. The van der Waals surface area contributed by atoms with Crippen molar-refractivity contribution in [1.82, 2.24) is 5.32 Å². The van der Waals surface area contributed by atoms with Crippen molar-refractivity contribution in [1.29, 1.82) is 0 Å². The van der Waals surface area contributed by atoms with Crippen LogP contribution < -0.4 is 10.1 Å². The zero-order valence-corrected chi connectivity index (χ0v) is 21.3. The first-order valence-corrected chi connectivity index (χ1v) is 12.2. The second-order valence-electron chi connectivity index (χ2n) is 9.31. The molecule has 0 fully saturated rings. The average molecular weight is 504 g/mol. The molecule has 0 saturated carbocycles. The van der Waals surface area contributed by atoms with Crippen LogP contribution in [-0.2, 0) is 25.7 Å². The summed E-state index contributed by atoms with van der Waals surface area (Å²) in [6.07, 6.45) is 0.0727. The van der Waals surface area contributed by atoms with Crippen LogP contribution in [0, 0.1) is 11.8 Å². The third-order valence-electron chi connectivity index (χ3n) is 5.94. The maximum Gasteiger partial charge on any atom is 0.333 e. The molecular formula is C30H33NO6. The lowest BCUT2D eigenvalue weighted by Crippen LogP contribution is -2.39. The number of benzene rings is 3. The Bertz CT molecular complexity index is 1190. The number of hydrogen-bond donors (Lipinski definition) is 2. The molecule has 37 heavy (non-hydrogen) atoms. The maximum atomic E-state index is 13.2. The molecule has 0 aliphatic heterocycles. The van der Waals surface area contributed by atoms with E-state index in [1.54, 1.807) is 19.2 Å². The number of amides is 1. The SMILES string of the molecule is COc1cccc(-c2ccc([C@H](NC(=O)[C@@H](CC(=O)O)CC(C)C)C(=O)OCc3ccccc3)cc2)c1. The second-order valence-corrected chi connectivity index (χ2v) is 9.31. The summed E-state index contributed by atoms with van der Waals surface area (Å²) in [5.41, 5.74) is 3.21. The number of nitrogens with one attached hydrogen (secondary N) is 1. The topological polar surface area (TPSA) is 102 Å². The van der Waals surface area contributed by atoms with Crippen LogP contribution in [0.4, 0.5) is 0 Å². The van der Waals surface area contributed by atoms with Gasteiger partial charge in [0.2, 0.25) is 5.91 Å². The number of methoxy groups -OCH3 is 1. The summed E-state index contributed by atoms with van der Waals surface area (Å²) >= 11 is 0. The van der Waals surface area contributed by atoms with Crippen molar-refractivity contribution in [3.8, 4) is 16.9 Å². The van der Waals surface area contributed by atoms with E-state index in [1.807, 2.05) is 80.6 Å². The Balaban J connectivity index is 1.85. The Morgan fingerprint density at radius 2 is 1.59 bits per heavy atom. The molecule has 0 aromatic heterocycles. The van der Waals surface area contributed by atoms with Crippen LogP contribution in [0.25, 0.3) is 11.1 Å². The molecule has 7 heteroatoms. The first kappa shape index (κ1) is 27.5. The van der Waals surface area contributed by atoms with Gasteiger partial charge in [-0.15, -0.1) is 0 Å². The van der Waals surface area contributed by atoms with Crippen LogP contribution in [0.15, 0.2) is 78.9 Å². The van der Waals surface area contributed by atoms with Crippen molar-refractivity contribution in [2.45, 2.75) is 39.3 Å². The van der Waals surface area contributed by atoms with Gasteiger partial charge in [-0.3, -0.25) is 9.59 Å². The zero-order chi connectivity index (χ0) is 26.8. The normalized spacial score (nSPS) is 12.4. The van der Waals surface area contributed by atoms with E-state index < -0.39 is 29.8 Å². The molecule has 0 bridgehead atoms. The summed E-state index contributed by atoms with van der Waals surface area (Å²) in [6, 6.07) is 23.0. The van der Waals surface area contributed by atoms with Crippen molar-refractivity contribution in [3.63, 3.8) is 0 Å². The van der Waals surface area contributed by atoms with E-state index in [9.17, 15) is 19.5 Å². The van der Waals surface area contributed by atoms with Crippen LogP contribution in [0.3, 0.4) is 0 Å². The molecule has 1 amide bonds. The van der Waals surface area contributed by atoms with Gasteiger partial charge >= 0.3 is 11.9 Å². The highest BCUT2D eigenvalue weighted by Gasteiger charge is 2.30. The predicted molar refractivity (Wildman–Crippen MR) is 141 cm³/mol. The first-order chi connectivity index (χ1) is 17.8. The van der Waals surface area contributed by atoms with Gasteiger partial charge in [0.15, 0.2) is 6.04 Å². The molecular weight excluding hydrogens is 470 g/mol. The molecule has 0 unspecified atom stereocenters. The zero-order valence-electron chi connectivity index (χ0n) is 21.3. The number of rotatable bonds is 12. The largest absolute Gasteiger partial charge is 0.497 e. The minimum atomic E-state index is -1.08. The third-order valence-corrected chi connectivity index (χ3v) is 5.94. The summed E-state index contributed by atoms with van der Waals surface area (Å²) in [7, 11) is 1.60. The highest BCUT2D eigenvalue weighted by molar-refractivity contribution is 5.88. The van der Waals surface area contributed by atoms with E-state index in [0.29, 0.717) is 12.0 Å². The molecule has 194 valence electrons. The van der Waals surface area contributed by atoms with Crippen molar-refractivity contribution in [2.24, 2.45) is 11.8 Å². The van der Waals surface area contributed by atoms with Gasteiger partial charge in [0.05, 0.1) is 13.5 Å². The van der Waals surface area contributed by atoms with Crippen LogP contribution in [0.5, 0.6) is 5.75 Å². The maximum absolute atomic E-state index is 13.2. The van der Waals surface area contributed by atoms with E-state index in [1.165, 1.54) is 0 Å². The van der Waals surface area contributed by atoms with Crippen molar-refractivity contribution in [3.05, 3.63) is 90.0 Å². The number of carboxylic acids is 1. The van der Waals surface area contributed by atoms with Gasteiger partial charge in [-0.05, 0) is 46.7 Å². The highest BCUT2D eigenvalue weighted by atomic mass is 16.5. The fraction of sp³-hybridized carbons (Fsp3) is 0.300. The lowest BCUT2D eigenvalue weighted by atomic mass is 9.92. The average Bonchev–Trinajstić information content (AvgIpc) is 2.90. The summed E-state index contributed by atoms with van der Waals surface area (Å²) in [5.74, 6) is -2.10. The van der Waals surface area contributed by atoms with Gasteiger partial charge in [-0.25, -0.2) is 4.79 Å². The van der Waals surface area contributed by atoms with E-state index in [-0.39, 0.29) is 18.9 Å². The monoisotopic (exact) mass is 503 g/mol. The highest BCUT2D eigenvalue weighted by Crippen LogP contribution is 2.27. The number of esters is 1. The molecule has 0 heterocycles. The Hall–Kier alpha value is -4.13.